The zero-order valence-corrected chi connectivity index (χ0v) is 18.9. The number of benzene rings is 2. The highest BCUT2D eigenvalue weighted by atomic mass is 19.1. The Hall–Kier alpha value is -3.84. The number of hydrogen-bond acceptors (Lipinski definition) is 5. The first-order valence-electron chi connectivity index (χ1n) is 11.4. The van der Waals surface area contributed by atoms with Crippen LogP contribution < -0.4 is 10.2 Å². The summed E-state index contributed by atoms with van der Waals surface area (Å²) in [6.07, 6.45) is 0.405. The Kier molecular flexibility index (Phi) is 5.94. The quantitative estimate of drug-likeness (QED) is 0.539. The molecule has 0 aliphatic carbocycles. The second-order valence-electron chi connectivity index (χ2n) is 9.01. The highest BCUT2D eigenvalue weighted by Gasteiger charge is 2.41. The first-order valence-corrected chi connectivity index (χ1v) is 11.4. The Bertz CT molecular complexity index is 1270. The molecule has 5 rings (SSSR count). The van der Waals surface area contributed by atoms with Gasteiger partial charge in [-0.3, -0.25) is 24.6 Å². The molecule has 2 saturated heterocycles. The molecule has 1 unspecified atom stereocenters. The van der Waals surface area contributed by atoms with Crippen molar-refractivity contribution in [3.8, 4) is 0 Å². The van der Waals surface area contributed by atoms with E-state index in [0.29, 0.717) is 44.0 Å². The van der Waals surface area contributed by atoms with Crippen LogP contribution in [0.1, 0.15) is 34.3 Å². The minimum atomic E-state index is -0.755. The molecule has 3 aliphatic heterocycles. The van der Waals surface area contributed by atoms with Crippen LogP contribution in [0.4, 0.5) is 20.2 Å². The monoisotopic (exact) mass is 479 g/mol. The minimum Gasteiger partial charge on any atom is -0.369 e. The van der Waals surface area contributed by atoms with Crippen LogP contribution in [0.15, 0.2) is 30.3 Å². The summed E-state index contributed by atoms with van der Waals surface area (Å²) >= 11 is 0. The Morgan fingerprint density at radius 2 is 1.83 bits per heavy atom. The second kappa shape index (κ2) is 9.07. The Labute approximate surface area is 200 Å². The number of anilines is 1. The molecule has 10 heteroatoms. The maximum Gasteiger partial charge on any atom is 0.255 e. The lowest BCUT2D eigenvalue weighted by Gasteiger charge is -2.37. The van der Waals surface area contributed by atoms with Gasteiger partial charge in [-0.25, -0.2) is 13.6 Å². The predicted octanol–water partition coefficient (Wildman–Crippen LogP) is 2.60. The van der Waals surface area contributed by atoms with Gasteiger partial charge in [0.2, 0.25) is 17.5 Å². The third-order valence-corrected chi connectivity index (χ3v) is 6.85. The molecule has 180 valence electrons. The number of carbonyl (C=O) groups is 3. The topological polar surface area (TPSA) is 77.3 Å². The Morgan fingerprint density at radius 1 is 1.06 bits per heavy atom. The summed E-state index contributed by atoms with van der Waals surface area (Å²) in [5.41, 5.74) is 2.35. The fourth-order valence-corrected chi connectivity index (χ4v) is 5.03. The van der Waals surface area contributed by atoms with E-state index in [-0.39, 0.29) is 36.5 Å². The van der Waals surface area contributed by atoms with E-state index in [1.165, 1.54) is 29.2 Å². The number of imide groups is 1. The number of piperazine rings is 1. The molecule has 0 bridgehead atoms. The first-order chi connectivity index (χ1) is 16.8. The van der Waals surface area contributed by atoms with Crippen molar-refractivity contribution in [1.82, 2.24) is 15.1 Å². The van der Waals surface area contributed by atoms with Crippen LogP contribution in [-0.2, 0) is 22.7 Å². The SMILES string of the molecule is [C-]#[N+]c1ccc(CN2CCN(c3cc(F)cc4c3CN(C3CCC(=O)NC3=O)C4=O)CC2)cc1F. The van der Waals surface area contributed by atoms with E-state index >= 15 is 0 Å². The zero-order valence-electron chi connectivity index (χ0n) is 18.9. The fraction of sp³-hybridized carbons (Fsp3) is 0.360. The lowest BCUT2D eigenvalue weighted by molar-refractivity contribution is -0.136. The van der Waals surface area contributed by atoms with Gasteiger partial charge in [-0.2, -0.15) is 0 Å². The van der Waals surface area contributed by atoms with Crippen LogP contribution in [0, 0.1) is 18.2 Å². The summed E-state index contributed by atoms with van der Waals surface area (Å²) < 4.78 is 28.5. The molecule has 1 atom stereocenters. The van der Waals surface area contributed by atoms with Crippen molar-refractivity contribution >= 4 is 29.1 Å². The van der Waals surface area contributed by atoms with Gasteiger partial charge in [0.25, 0.3) is 5.91 Å². The van der Waals surface area contributed by atoms with Gasteiger partial charge in [-0.1, -0.05) is 12.1 Å². The highest BCUT2D eigenvalue weighted by Crippen LogP contribution is 2.35. The molecule has 1 N–H and O–H groups in total. The van der Waals surface area contributed by atoms with Crippen molar-refractivity contribution in [3.63, 3.8) is 0 Å². The smallest absolute Gasteiger partial charge is 0.255 e. The summed E-state index contributed by atoms with van der Waals surface area (Å²) in [7, 11) is 0. The van der Waals surface area contributed by atoms with Gasteiger partial charge in [0, 0.05) is 62.5 Å². The molecule has 35 heavy (non-hydrogen) atoms. The predicted molar refractivity (Wildman–Crippen MR) is 123 cm³/mol. The molecule has 2 fully saturated rings. The summed E-state index contributed by atoms with van der Waals surface area (Å²) in [6.45, 7) is 10.2. The summed E-state index contributed by atoms with van der Waals surface area (Å²) in [5.74, 6) is -2.31. The van der Waals surface area contributed by atoms with Crippen molar-refractivity contribution in [2.24, 2.45) is 0 Å². The Morgan fingerprint density at radius 3 is 2.51 bits per heavy atom. The minimum absolute atomic E-state index is 0.000530. The van der Waals surface area contributed by atoms with Crippen molar-refractivity contribution in [1.29, 1.82) is 0 Å². The van der Waals surface area contributed by atoms with Crippen LogP contribution in [0.3, 0.4) is 0 Å². The van der Waals surface area contributed by atoms with Crippen LogP contribution in [-0.4, -0.2) is 59.7 Å². The van der Waals surface area contributed by atoms with E-state index in [4.69, 9.17) is 6.57 Å². The number of carbonyl (C=O) groups excluding carboxylic acids is 3. The fourth-order valence-electron chi connectivity index (χ4n) is 5.03. The van der Waals surface area contributed by atoms with Gasteiger partial charge in [0.15, 0.2) is 0 Å². The van der Waals surface area contributed by atoms with Crippen LogP contribution in [0.25, 0.3) is 4.85 Å². The van der Waals surface area contributed by atoms with Gasteiger partial charge < -0.3 is 9.80 Å². The standard InChI is InChI=1S/C25H23F2N5O3/c1-28-20-3-2-15(10-19(20)27)13-30-6-8-31(9-7-30)22-12-16(26)11-17-18(22)14-32(25(17)35)21-4-5-23(33)29-24(21)34/h2-3,10-12,21H,4-9,13-14H2,(H,29,33,34). The van der Waals surface area contributed by atoms with E-state index in [0.717, 1.165) is 5.56 Å². The number of amides is 3. The molecule has 3 heterocycles. The van der Waals surface area contributed by atoms with E-state index in [1.807, 2.05) is 4.90 Å². The third kappa shape index (κ3) is 4.35. The van der Waals surface area contributed by atoms with Crippen LogP contribution in [0.2, 0.25) is 0 Å². The van der Waals surface area contributed by atoms with Gasteiger partial charge in [0.1, 0.15) is 17.7 Å². The van der Waals surface area contributed by atoms with Crippen molar-refractivity contribution in [2.75, 3.05) is 31.1 Å². The number of halogens is 2. The lowest BCUT2D eigenvalue weighted by Crippen LogP contribution is -2.52. The number of nitrogens with one attached hydrogen (secondary N) is 1. The lowest BCUT2D eigenvalue weighted by atomic mass is 10.0. The average Bonchev–Trinajstić information content (AvgIpc) is 3.15. The van der Waals surface area contributed by atoms with E-state index in [1.54, 1.807) is 6.07 Å². The van der Waals surface area contributed by atoms with Crippen molar-refractivity contribution in [3.05, 3.63) is 70.1 Å². The van der Waals surface area contributed by atoms with Crippen LogP contribution >= 0.6 is 0 Å². The van der Waals surface area contributed by atoms with Gasteiger partial charge in [-0.15, -0.1) is 0 Å². The highest BCUT2D eigenvalue weighted by molar-refractivity contribution is 6.06. The number of rotatable bonds is 4. The molecule has 3 aliphatic rings. The molecule has 0 radical (unpaired) electrons. The van der Waals surface area contributed by atoms with E-state index in [2.05, 4.69) is 15.1 Å². The zero-order chi connectivity index (χ0) is 24.7. The van der Waals surface area contributed by atoms with Crippen molar-refractivity contribution in [2.45, 2.75) is 32.0 Å². The molecular formula is C25H23F2N5O3. The molecule has 0 spiro atoms. The number of piperidine rings is 1. The Balaban J connectivity index is 1.30. The largest absolute Gasteiger partial charge is 0.369 e. The molecular weight excluding hydrogens is 456 g/mol. The summed E-state index contributed by atoms with van der Waals surface area (Å²) in [5, 5.41) is 2.28. The number of hydrogen-bond donors (Lipinski definition) is 1. The molecule has 2 aromatic rings. The van der Waals surface area contributed by atoms with Crippen molar-refractivity contribution < 1.29 is 23.2 Å². The first kappa shape index (κ1) is 22.9. The molecule has 3 amide bonds. The maximum atomic E-state index is 14.5. The van der Waals surface area contributed by atoms with E-state index in [9.17, 15) is 23.2 Å². The van der Waals surface area contributed by atoms with Crippen LogP contribution in [0.5, 0.6) is 0 Å². The third-order valence-electron chi connectivity index (χ3n) is 6.85. The molecule has 0 aromatic heterocycles. The van der Waals surface area contributed by atoms with Gasteiger partial charge in [0.05, 0.1) is 6.57 Å². The number of fused-ring (bicyclic) bond motifs is 1. The average molecular weight is 479 g/mol. The molecule has 2 aromatic carbocycles. The normalized spacial score (nSPS) is 20.6. The summed E-state index contributed by atoms with van der Waals surface area (Å²) in [6, 6.07) is 6.50. The van der Waals surface area contributed by atoms with E-state index < -0.39 is 29.5 Å². The second-order valence-corrected chi connectivity index (χ2v) is 9.01. The number of nitrogens with zero attached hydrogens (tertiary/aromatic N) is 4. The summed E-state index contributed by atoms with van der Waals surface area (Å²) in [4.78, 5) is 45.6. The van der Waals surface area contributed by atoms with Gasteiger partial charge in [-0.05, 0) is 30.2 Å². The molecule has 8 nitrogen and oxygen atoms in total. The van der Waals surface area contributed by atoms with Gasteiger partial charge >= 0.3 is 0 Å². The maximum absolute atomic E-state index is 14.5. The molecule has 0 saturated carbocycles.